The molecule has 0 aliphatic heterocycles. The van der Waals surface area contributed by atoms with Gasteiger partial charge in [0.1, 0.15) is 5.76 Å². The Labute approximate surface area is 92.6 Å². The van der Waals surface area contributed by atoms with E-state index in [-0.39, 0.29) is 11.7 Å². The number of halogens is 3. The molecule has 0 spiro atoms. The van der Waals surface area contributed by atoms with Gasteiger partial charge in [-0.05, 0) is 25.5 Å². The van der Waals surface area contributed by atoms with Gasteiger partial charge in [-0.25, -0.2) is 0 Å². The normalized spacial score (nSPS) is 21.6. The number of alkyl halides is 3. The molecule has 88 valence electrons. The summed E-state index contributed by atoms with van der Waals surface area (Å²) < 4.78 is 39.5. The van der Waals surface area contributed by atoms with Crippen molar-refractivity contribution >= 4 is 0 Å². The molecular weight excluding hydrogens is 217 g/mol. The average molecular weight is 230 g/mol. The van der Waals surface area contributed by atoms with Crippen LogP contribution in [0.4, 0.5) is 13.2 Å². The van der Waals surface area contributed by atoms with Crippen LogP contribution in [0, 0.1) is 5.92 Å². The van der Waals surface area contributed by atoms with Gasteiger partial charge in [-0.15, -0.1) is 13.2 Å². The lowest BCUT2D eigenvalue weighted by molar-refractivity contribution is -0.303. The molecule has 1 nitrogen and oxygen atoms in total. The molecule has 0 bridgehead atoms. The lowest BCUT2D eigenvalue weighted by atomic mass is 9.92. The lowest BCUT2D eigenvalue weighted by Gasteiger charge is -2.17. The molecule has 1 aliphatic carbocycles. The van der Waals surface area contributed by atoms with Crippen LogP contribution in [0.3, 0.4) is 0 Å². The SMILES string of the molecule is C=C/C=C(\C)C1C=CC(OC(F)(F)F)=CC1. The Morgan fingerprint density at radius 3 is 2.69 bits per heavy atom. The van der Waals surface area contributed by atoms with E-state index in [4.69, 9.17) is 0 Å². The predicted octanol–water partition coefficient (Wildman–Crippen LogP) is 4.12. The second-order valence-corrected chi connectivity index (χ2v) is 3.50. The van der Waals surface area contributed by atoms with Gasteiger partial charge >= 0.3 is 6.36 Å². The molecule has 0 amide bonds. The Hall–Kier alpha value is -1.45. The third kappa shape index (κ3) is 3.96. The Bertz CT molecular complexity index is 348. The largest absolute Gasteiger partial charge is 0.573 e. The molecule has 0 aromatic heterocycles. The number of ether oxygens (including phenoxy) is 1. The van der Waals surface area contributed by atoms with Crippen molar-refractivity contribution in [3.8, 4) is 0 Å². The minimum Gasteiger partial charge on any atom is -0.406 e. The zero-order valence-corrected chi connectivity index (χ0v) is 8.92. The molecule has 0 saturated carbocycles. The number of hydrogen-bond acceptors (Lipinski definition) is 1. The highest BCUT2D eigenvalue weighted by molar-refractivity contribution is 5.26. The first kappa shape index (κ1) is 12.6. The summed E-state index contributed by atoms with van der Waals surface area (Å²) in [6.07, 6.45) is 3.90. The van der Waals surface area contributed by atoms with Crippen LogP contribution in [0.5, 0.6) is 0 Å². The van der Waals surface area contributed by atoms with Gasteiger partial charge in [-0.1, -0.05) is 30.4 Å². The van der Waals surface area contributed by atoms with Crippen LogP contribution in [0.15, 0.2) is 48.3 Å². The van der Waals surface area contributed by atoms with Crippen LogP contribution in [-0.2, 0) is 4.74 Å². The van der Waals surface area contributed by atoms with Gasteiger partial charge in [0.25, 0.3) is 0 Å². The van der Waals surface area contributed by atoms with Crippen molar-refractivity contribution in [3.63, 3.8) is 0 Å². The molecule has 1 aliphatic rings. The van der Waals surface area contributed by atoms with Crippen LogP contribution in [0.1, 0.15) is 13.3 Å². The Balaban J connectivity index is 2.60. The van der Waals surface area contributed by atoms with E-state index in [0.717, 1.165) is 5.57 Å². The van der Waals surface area contributed by atoms with E-state index in [0.29, 0.717) is 6.42 Å². The fraction of sp³-hybridized carbons (Fsp3) is 0.333. The van der Waals surface area contributed by atoms with E-state index in [1.165, 1.54) is 12.2 Å². The summed E-state index contributed by atoms with van der Waals surface area (Å²) in [6.45, 7) is 5.49. The molecule has 1 atom stereocenters. The average Bonchev–Trinajstić information content (AvgIpc) is 2.16. The summed E-state index contributed by atoms with van der Waals surface area (Å²) in [5.41, 5.74) is 1.06. The maximum absolute atomic E-state index is 11.9. The van der Waals surface area contributed by atoms with Gasteiger partial charge in [0.05, 0.1) is 0 Å². The molecule has 0 fully saturated rings. The molecule has 16 heavy (non-hydrogen) atoms. The first-order valence-electron chi connectivity index (χ1n) is 4.85. The molecule has 1 unspecified atom stereocenters. The molecule has 0 N–H and O–H groups in total. The first-order chi connectivity index (χ1) is 7.42. The van der Waals surface area contributed by atoms with Crippen molar-refractivity contribution in [3.05, 3.63) is 48.3 Å². The standard InChI is InChI=1S/C12H13F3O/c1-3-4-9(2)10-5-7-11(8-6-10)16-12(13,14)15/h3-5,7-8,10H,1,6H2,2H3/b9-4+. The molecule has 0 heterocycles. The summed E-state index contributed by atoms with van der Waals surface area (Å²) in [6, 6.07) is 0. The van der Waals surface area contributed by atoms with E-state index in [9.17, 15) is 13.2 Å². The summed E-state index contributed by atoms with van der Waals surface area (Å²) >= 11 is 0. The van der Waals surface area contributed by atoms with E-state index in [2.05, 4.69) is 11.3 Å². The summed E-state index contributed by atoms with van der Waals surface area (Å²) in [7, 11) is 0. The van der Waals surface area contributed by atoms with Crippen LogP contribution in [0.2, 0.25) is 0 Å². The van der Waals surface area contributed by atoms with Crippen molar-refractivity contribution in [1.82, 2.24) is 0 Å². The lowest BCUT2D eigenvalue weighted by Crippen LogP contribution is -2.14. The van der Waals surface area contributed by atoms with Crippen molar-refractivity contribution in [2.24, 2.45) is 5.92 Å². The second-order valence-electron chi connectivity index (χ2n) is 3.50. The maximum Gasteiger partial charge on any atom is 0.573 e. The monoisotopic (exact) mass is 230 g/mol. The number of rotatable bonds is 3. The topological polar surface area (TPSA) is 9.23 Å². The fourth-order valence-electron chi connectivity index (χ4n) is 1.46. The highest BCUT2D eigenvalue weighted by Gasteiger charge is 2.32. The Morgan fingerprint density at radius 1 is 1.56 bits per heavy atom. The summed E-state index contributed by atoms with van der Waals surface area (Å²) in [4.78, 5) is 0. The maximum atomic E-state index is 11.9. The van der Waals surface area contributed by atoms with Gasteiger partial charge in [-0.2, -0.15) is 0 Å². The molecule has 4 heteroatoms. The third-order valence-electron chi connectivity index (χ3n) is 2.26. The van der Waals surface area contributed by atoms with Crippen molar-refractivity contribution in [2.45, 2.75) is 19.7 Å². The number of allylic oxidation sites excluding steroid dienone is 6. The van der Waals surface area contributed by atoms with Gasteiger partial charge in [0.2, 0.25) is 0 Å². The van der Waals surface area contributed by atoms with E-state index in [1.807, 2.05) is 13.0 Å². The van der Waals surface area contributed by atoms with Crippen molar-refractivity contribution < 1.29 is 17.9 Å². The molecule has 1 rings (SSSR count). The van der Waals surface area contributed by atoms with Crippen LogP contribution in [0.25, 0.3) is 0 Å². The van der Waals surface area contributed by atoms with E-state index < -0.39 is 6.36 Å². The molecular formula is C12H13F3O. The quantitative estimate of drug-likeness (QED) is 0.663. The molecule has 0 aromatic carbocycles. The van der Waals surface area contributed by atoms with Crippen molar-refractivity contribution in [1.29, 1.82) is 0 Å². The second kappa shape index (κ2) is 5.05. The third-order valence-corrected chi connectivity index (χ3v) is 2.26. The van der Waals surface area contributed by atoms with Gasteiger partial charge in [0, 0.05) is 5.92 Å². The fourth-order valence-corrected chi connectivity index (χ4v) is 1.46. The summed E-state index contributed by atoms with van der Waals surface area (Å²) in [5, 5.41) is 0. The Kier molecular flexibility index (Phi) is 3.99. The van der Waals surface area contributed by atoms with Crippen LogP contribution in [-0.4, -0.2) is 6.36 Å². The highest BCUT2D eigenvalue weighted by atomic mass is 19.4. The predicted molar refractivity (Wildman–Crippen MR) is 56.4 cm³/mol. The zero-order valence-electron chi connectivity index (χ0n) is 8.92. The molecule has 0 saturated heterocycles. The first-order valence-corrected chi connectivity index (χ1v) is 4.85. The van der Waals surface area contributed by atoms with Gasteiger partial charge in [0.15, 0.2) is 0 Å². The zero-order chi connectivity index (χ0) is 12.2. The highest BCUT2D eigenvalue weighted by Crippen LogP contribution is 2.28. The smallest absolute Gasteiger partial charge is 0.406 e. The Morgan fingerprint density at radius 2 is 2.25 bits per heavy atom. The van der Waals surface area contributed by atoms with Crippen LogP contribution < -0.4 is 0 Å². The van der Waals surface area contributed by atoms with E-state index in [1.54, 1.807) is 12.2 Å². The van der Waals surface area contributed by atoms with Crippen molar-refractivity contribution in [2.75, 3.05) is 0 Å². The minimum atomic E-state index is -4.62. The van der Waals surface area contributed by atoms with Gasteiger partial charge in [-0.3, -0.25) is 0 Å². The number of hydrogen-bond donors (Lipinski definition) is 0. The minimum absolute atomic E-state index is 0.124. The van der Waals surface area contributed by atoms with E-state index >= 15 is 0 Å². The molecule has 0 aromatic rings. The van der Waals surface area contributed by atoms with Gasteiger partial charge < -0.3 is 4.74 Å². The molecule has 0 radical (unpaired) electrons. The van der Waals surface area contributed by atoms with Crippen LogP contribution >= 0.6 is 0 Å². The summed E-state index contributed by atoms with van der Waals surface area (Å²) in [5.74, 6) is -0.0197.